The van der Waals surface area contributed by atoms with E-state index in [2.05, 4.69) is 4.98 Å². The summed E-state index contributed by atoms with van der Waals surface area (Å²) in [6.45, 7) is 5.54. The van der Waals surface area contributed by atoms with Gasteiger partial charge in [0.2, 0.25) is 0 Å². The van der Waals surface area contributed by atoms with E-state index in [1.54, 1.807) is 13.0 Å². The summed E-state index contributed by atoms with van der Waals surface area (Å²) in [5.41, 5.74) is 0.397. The maximum absolute atomic E-state index is 12.5. The third-order valence-corrected chi connectivity index (χ3v) is 2.22. The Hall–Kier alpha value is -1.06. The van der Waals surface area contributed by atoms with Crippen molar-refractivity contribution in [1.82, 2.24) is 4.98 Å². The van der Waals surface area contributed by atoms with Gasteiger partial charge in [-0.2, -0.15) is 13.2 Å². The molecule has 0 saturated carbocycles. The van der Waals surface area contributed by atoms with Crippen molar-refractivity contribution in [2.45, 2.75) is 39.3 Å². The van der Waals surface area contributed by atoms with Crippen molar-refractivity contribution in [3.8, 4) is 0 Å². The van der Waals surface area contributed by atoms with E-state index >= 15 is 0 Å². The Kier molecular flexibility index (Phi) is 3.37. The molecule has 1 nitrogen and oxygen atoms in total. The molecule has 0 unspecified atom stereocenters. The molecule has 0 aliphatic carbocycles. The van der Waals surface area contributed by atoms with Crippen molar-refractivity contribution in [3.63, 3.8) is 0 Å². The highest BCUT2D eigenvalue weighted by molar-refractivity contribution is 5.25. The van der Waals surface area contributed by atoms with Crippen LogP contribution in [-0.2, 0) is 12.6 Å². The molecule has 1 rings (SSSR count). The van der Waals surface area contributed by atoms with Crippen molar-refractivity contribution in [2.24, 2.45) is 0 Å². The number of aromatic nitrogens is 1. The summed E-state index contributed by atoms with van der Waals surface area (Å²) in [6, 6.07) is 2.86. The van der Waals surface area contributed by atoms with Crippen molar-refractivity contribution >= 4 is 0 Å². The second-order valence-electron chi connectivity index (χ2n) is 3.78. The Labute approximate surface area is 87.3 Å². The molecule has 0 fully saturated rings. The van der Waals surface area contributed by atoms with Gasteiger partial charge in [0.25, 0.3) is 0 Å². The first-order chi connectivity index (χ1) is 6.84. The summed E-state index contributed by atoms with van der Waals surface area (Å²) in [5.74, 6) is 0.0828. The first kappa shape index (κ1) is 12.0. The number of rotatable bonds is 2. The zero-order valence-corrected chi connectivity index (χ0v) is 9.02. The monoisotopic (exact) mass is 217 g/mol. The van der Waals surface area contributed by atoms with Crippen LogP contribution in [-0.4, -0.2) is 4.98 Å². The predicted molar refractivity (Wildman–Crippen MR) is 52.7 cm³/mol. The van der Waals surface area contributed by atoms with Crippen molar-refractivity contribution < 1.29 is 13.2 Å². The lowest BCUT2D eigenvalue weighted by Crippen LogP contribution is -2.10. The zero-order chi connectivity index (χ0) is 11.6. The van der Waals surface area contributed by atoms with Crippen molar-refractivity contribution in [1.29, 1.82) is 0 Å². The summed E-state index contributed by atoms with van der Waals surface area (Å²) < 4.78 is 37.5. The molecule has 84 valence electrons. The average molecular weight is 217 g/mol. The molecule has 0 aliphatic rings. The van der Waals surface area contributed by atoms with Crippen LogP contribution in [0.3, 0.4) is 0 Å². The van der Waals surface area contributed by atoms with Gasteiger partial charge in [-0.15, -0.1) is 0 Å². The Morgan fingerprint density at radius 2 is 1.87 bits per heavy atom. The molecule has 0 saturated heterocycles. The SMILES string of the molecule is CCc1cc(C(C)C)cc(C(F)(F)F)n1. The van der Waals surface area contributed by atoms with E-state index in [-0.39, 0.29) is 5.92 Å². The van der Waals surface area contributed by atoms with E-state index in [1.165, 1.54) is 0 Å². The van der Waals surface area contributed by atoms with E-state index in [9.17, 15) is 13.2 Å². The van der Waals surface area contributed by atoms with Crippen LogP contribution in [0, 0.1) is 0 Å². The molecule has 0 bridgehead atoms. The molecule has 0 aromatic carbocycles. The summed E-state index contributed by atoms with van der Waals surface area (Å²) in [4.78, 5) is 3.58. The van der Waals surface area contributed by atoms with Gasteiger partial charge < -0.3 is 0 Å². The smallest absolute Gasteiger partial charge is 0.248 e. The standard InChI is InChI=1S/C11H14F3N/c1-4-9-5-8(7(2)3)6-10(15-9)11(12,13)14/h5-7H,4H2,1-3H3. The van der Waals surface area contributed by atoms with Gasteiger partial charge in [0.05, 0.1) is 0 Å². The maximum Gasteiger partial charge on any atom is 0.433 e. The van der Waals surface area contributed by atoms with Gasteiger partial charge in [0.1, 0.15) is 5.69 Å². The first-order valence-electron chi connectivity index (χ1n) is 4.92. The van der Waals surface area contributed by atoms with E-state index in [4.69, 9.17) is 0 Å². The lowest BCUT2D eigenvalue weighted by Gasteiger charge is -2.12. The fraction of sp³-hybridized carbons (Fsp3) is 0.545. The van der Waals surface area contributed by atoms with E-state index < -0.39 is 11.9 Å². The summed E-state index contributed by atoms with van der Waals surface area (Å²) in [7, 11) is 0. The van der Waals surface area contributed by atoms with Crippen LogP contribution < -0.4 is 0 Å². The van der Waals surface area contributed by atoms with Crippen LogP contribution in [0.25, 0.3) is 0 Å². The lowest BCUT2D eigenvalue weighted by atomic mass is 10.0. The van der Waals surface area contributed by atoms with Gasteiger partial charge in [-0.25, -0.2) is 4.98 Å². The normalized spacial score (nSPS) is 12.2. The fourth-order valence-electron chi connectivity index (χ4n) is 1.27. The van der Waals surface area contributed by atoms with Crippen LogP contribution in [0.15, 0.2) is 12.1 Å². The van der Waals surface area contributed by atoms with Gasteiger partial charge >= 0.3 is 6.18 Å². The second kappa shape index (κ2) is 4.21. The van der Waals surface area contributed by atoms with Crippen LogP contribution in [0.1, 0.15) is 43.6 Å². The molecule has 15 heavy (non-hydrogen) atoms. The molecule has 0 radical (unpaired) electrons. The highest BCUT2D eigenvalue weighted by atomic mass is 19.4. The third kappa shape index (κ3) is 2.94. The summed E-state index contributed by atoms with van der Waals surface area (Å²) in [5, 5.41) is 0. The predicted octanol–water partition coefficient (Wildman–Crippen LogP) is 3.79. The molecular formula is C11H14F3N. The fourth-order valence-corrected chi connectivity index (χ4v) is 1.27. The number of hydrogen-bond donors (Lipinski definition) is 0. The largest absolute Gasteiger partial charge is 0.433 e. The van der Waals surface area contributed by atoms with Crippen LogP contribution in [0.5, 0.6) is 0 Å². The molecule has 0 N–H and O–H groups in total. The van der Waals surface area contributed by atoms with Crippen LogP contribution in [0.2, 0.25) is 0 Å². The molecule has 1 aromatic heterocycles. The molecule has 1 heterocycles. The van der Waals surface area contributed by atoms with E-state index in [0.29, 0.717) is 17.7 Å². The summed E-state index contributed by atoms with van der Waals surface area (Å²) in [6.07, 6.45) is -3.83. The Morgan fingerprint density at radius 1 is 1.27 bits per heavy atom. The minimum absolute atomic E-state index is 0.0828. The van der Waals surface area contributed by atoms with Gasteiger partial charge in [-0.1, -0.05) is 20.8 Å². The highest BCUT2D eigenvalue weighted by Gasteiger charge is 2.33. The quantitative estimate of drug-likeness (QED) is 0.734. The summed E-state index contributed by atoms with van der Waals surface area (Å²) >= 11 is 0. The molecule has 0 spiro atoms. The second-order valence-corrected chi connectivity index (χ2v) is 3.78. The molecular weight excluding hydrogens is 203 g/mol. The van der Waals surface area contributed by atoms with E-state index in [1.807, 2.05) is 13.8 Å². The van der Waals surface area contributed by atoms with Crippen LogP contribution in [0.4, 0.5) is 13.2 Å². The number of alkyl halides is 3. The number of hydrogen-bond acceptors (Lipinski definition) is 1. The van der Waals surface area contributed by atoms with Gasteiger partial charge in [-0.05, 0) is 30.0 Å². The van der Waals surface area contributed by atoms with Crippen LogP contribution >= 0.6 is 0 Å². The number of aryl methyl sites for hydroxylation is 1. The average Bonchev–Trinajstić information content (AvgIpc) is 2.15. The molecule has 4 heteroatoms. The molecule has 0 atom stereocenters. The minimum atomic E-state index is -4.35. The number of nitrogens with zero attached hydrogens (tertiary/aromatic N) is 1. The third-order valence-electron chi connectivity index (χ3n) is 2.22. The molecule has 0 aliphatic heterocycles. The van der Waals surface area contributed by atoms with Gasteiger partial charge in [0, 0.05) is 5.69 Å². The zero-order valence-electron chi connectivity index (χ0n) is 9.02. The van der Waals surface area contributed by atoms with Crippen molar-refractivity contribution in [2.75, 3.05) is 0 Å². The number of pyridine rings is 1. The highest BCUT2D eigenvalue weighted by Crippen LogP contribution is 2.30. The lowest BCUT2D eigenvalue weighted by molar-refractivity contribution is -0.141. The minimum Gasteiger partial charge on any atom is -0.248 e. The Morgan fingerprint density at radius 3 is 2.27 bits per heavy atom. The Bertz CT molecular complexity index is 342. The first-order valence-corrected chi connectivity index (χ1v) is 4.92. The Balaban J connectivity index is 3.23. The van der Waals surface area contributed by atoms with Crippen molar-refractivity contribution in [3.05, 3.63) is 29.1 Å². The maximum atomic E-state index is 12.5. The van der Waals surface area contributed by atoms with Gasteiger partial charge in [-0.3, -0.25) is 0 Å². The molecule has 0 amide bonds. The van der Waals surface area contributed by atoms with E-state index in [0.717, 1.165) is 6.07 Å². The number of halogens is 3. The van der Waals surface area contributed by atoms with Gasteiger partial charge in [0.15, 0.2) is 0 Å². The topological polar surface area (TPSA) is 12.9 Å². The molecule has 1 aromatic rings.